The summed E-state index contributed by atoms with van der Waals surface area (Å²) in [6.45, 7) is 1.76. The molecule has 0 fully saturated rings. The van der Waals surface area contributed by atoms with Gasteiger partial charge in [-0.3, -0.25) is 0 Å². The van der Waals surface area contributed by atoms with Crippen molar-refractivity contribution in [3.05, 3.63) is 63.8 Å². The average molecular weight is 397 g/mol. The van der Waals surface area contributed by atoms with Gasteiger partial charge in [0.15, 0.2) is 5.76 Å². The molecule has 130 valence electrons. The molecule has 25 heavy (non-hydrogen) atoms. The average Bonchev–Trinajstić information content (AvgIpc) is 3.02. The zero-order valence-electron chi connectivity index (χ0n) is 13.2. The predicted molar refractivity (Wildman–Crippen MR) is 96.5 cm³/mol. The Bertz CT molecular complexity index is 1050. The summed E-state index contributed by atoms with van der Waals surface area (Å²) in [7, 11) is -4.04. The van der Waals surface area contributed by atoms with E-state index in [0.717, 1.165) is 5.56 Å². The Morgan fingerprint density at radius 1 is 1.16 bits per heavy atom. The number of hydrogen-bond acceptors (Lipinski definition) is 5. The maximum absolute atomic E-state index is 13.0. The molecule has 0 aliphatic rings. The SMILES string of the molecule is Cc1ccccc1-c1nc(S(=O)(=O)c2cc(Cl)ccc2Cl)c(CN)o1. The zero-order chi connectivity index (χ0) is 18.2. The first kappa shape index (κ1) is 17.9. The minimum atomic E-state index is -4.04. The van der Waals surface area contributed by atoms with Crippen LogP contribution in [0.3, 0.4) is 0 Å². The van der Waals surface area contributed by atoms with Crippen molar-refractivity contribution in [1.82, 2.24) is 4.98 Å². The Hall–Kier alpha value is -1.86. The van der Waals surface area contributed by atoms with Crippen molar-refractivity contribution in [3.8, 4) is 11.5 Å². The Morgan fingerprint density at radius 3 is 2.56 bits per heavy atom. The summed E-state index contributed by atoms with van der Waals surface area (Å²) in [6.07, 6.45) is 0. The summed E-state index contributed by atoms with van der Waals surface area (Å²) in [5.74, 6) is 0.254. The van der Waals surface area contributed by atoms with Crippen molar-refractivity contribution in [2.75, 3.05) is 0 Å². The quantitative estimate of drug-likeness (QED) is 0.711. The second-order valence-electron chi connectivity index (χ2n) is 5.34. The number of nitrogens with zero attached hydrogens (tertiary/aromatic N) is 1. The number of oxazole rings is 1. The van der Waals surface area contributed by atoms with Crippen LogP contribution in [-0.4, -0.2) is 13.4 Å². The fourth-order valence-corrected chi connectivity index (χ4v) is 4.49. The minimum Gasteiger partial charge on any atom is -0.438 e. The molecule has 0 amide bonds. The molecule has 0 bridgehead atoms. The highest BCUT2D eigenvalue weighted by atomic mass is 35.5. The van der Waals surface area contributed by atoms with Crippen molar-refractivity contribution in [2.45, 2.75) is 23.4 Å². The topological polar surface area (TPSA) is 86.2 Å². The molecule has 0 saturated heterocycles. The lowest BCUT2D eigenvalue weighted by molar-refractivity contribution is 0.510. The molecule has 1 aromatic heterocycles. The van der Waals surface area contributed by atoms with Gasteiger partial charge < -0.3 is 10.2 Å². The monoisotopic (exact) mass is 396 g/mol. The van der Waals surface area contributed by atoms with Gasteiger partial charge in [-0.2, -0.15) is 4.98 Å². The molecule has 0 unspecified atom stereocenters. The third kappa shape index (κ3) is 3.30. The highest BCUT2D eigenvalue weighted by molar-refractivity contribution is 7.91. The van der Waals surface area contributed by atoms with Crippen molar-refractivity contribution in [2.24, 2.45) is 5.73 Å². The lowest BCUT2D eigenvalue weighted by Gasteiger charge is -2.05. The first-order valence-electron chi connectivity index (χ1n) is 7.30. The highest BCUT2D eigenvalue weighted by Gasteiger charge is 2.30. The normalized spacial score (nSPS) is 11.7. The predicted octanol–water partition coefficient (Wildman–Crippen LogP) is 4.25. The molecule has 2 N–H and O–H groups in total. The van der Waals surface area contributed by atoms with Crippen molar-refractivity contribution >= 4 is 33.0 Å². The van der Waals surface area contributed by atoms with Crippen molar-refractivity contribution in [1.29, 1.82) is 0 Å². The highest BCUT2D eigenvalue weighted by Crippen LogP contribution is 2.34. The summed E-state index contributed by atoms with van der Waals surface area (Å²) in [5.41, 5.74) is 7.26. The summed E-state index contributed by atoms with van der Waals surface area (Å²) in [6, 6.07) is 11.6. The number of aromatic nitrogens is 1. The Balaban J connectivity index is 2.20. The number of sulfone groups is 1. The van der Waals surface area contributed by atoms with E-state index in [1.54, 1.807) is 6.07 Å². The van der Waals surface area contributed by atoms with Crippen LogP contribution in [0.2, 0.25) is 10.0 Å². The third-order valence-corrected chi connectivity index (χ3v) is 6.08. The minimum absolute atomic E-state index is 0.0489. The molecule has 5 nitrogen and oxygen atoms in total. The van der Waals surface area contributed by atoms with Crippen LogP contribution in [0.5, 0.6) is 0 Å². The van der Waals surface area contributed by atoms with E-state index in [1.807, 2.05) is 25.1 Å². The summed E-state index contributed by atoms with van der Waals surface area (Å²) in [4.78, 5) is 4.06. The van der Waals surface area contributed by atoms with Gasteiger partial charge in [-0.25, -0.2) is 8.42 Å². The fraction of sp³-hybridized carbons (Fsp3) is 0.118. The summed E-state index contributed by atoms with van der Waals surface area (Å²) in [5, 5.41) is 0.0464. The molecular formula is C17H14Cl2N2O3S. The molecule has 8 heteroatoms. The number of aryl methyl sites for hydroxylation is 1. The maximum atomic E-state index is 13.0. The zero-order valence-corrected chi connectivity index (χ0v) is 15.5. The van der Waals surface area contributed by atoms with Gasteiger partial charge in [0.25, 0.3) is 0 Å². The van der Waals surface area contributed by atoms with E-state index in [1.165, 1.54) is 18.2 Å². The van der Waals surface area contributed by atoms with Crippen LogP contribution in [0.1, 0.15) is 11.3 Å². The van der Waals surface area contributed by atoms with Gasteiger partial charge >= 0.3 is 0 Å². The first-order chi connectivity index (χ1) is 11.8. The maximum Gasteiger partial charge on any atom is 0.228 e. The third-order valence-electron chi connectivity index (χ3n) is 3.66. The molecule has 2 aromatic carbocycles. The largest absolute Gasteiger partial charge is 0.438 e. The Labute approximate surface area is 155 Å². The molecule has 0 aliphatic heterocycles. The Morgan fingerprint density at radius 2 is 1.88 bits per heavy atom. The van der Waals surface area contributed by atoms with E-state index in [4.69, 9.17) is 33.4 Å². The van der Waals surface area contributed by atoms with Gasteiger partial charge in [0.2, 0.25) is 20.8 Å². The molecule has 3 rings (SSSR count). The standard InChI is InChI=1S/C17H14Cl2N2O3S/c1-10-4-2-3-5-12(10)16-21-17(14(9-20)24-16)25(22,23)15-8-11(18)6-7-13(15)19/h2-8H,9,20H2,1H3. The molecule has 0 saturated carbocycles. The number of benzene rings is 2. The van der Waals surface area contributed by atoms with E-state index < -0.39 is 9.84 Å². The lowest BCUT2D eigenvalue weighted by atomic mass is 10.1. The van der Waals surface area contributed by atoms with Crippen molar-refractivity contribution in [3.63, 3.8) is 0 Å². The van der Waals surface area contributed by atoms with Gasteiger partial charge in [0.1, 0.15) is 0 Å². The Kier molecular flexibility index (Phi) is 4.88. The molecule has 1 heterocycles. The van der Waals surface area contributed by atoms with Crippen LogP contribution in [0.25, 0.3) is 11.5 Å². The van der Waals surface area contributed by atoms with Crippen molar-refractivity contribution < 1.29 is 12.8 Å². The van der Waals surface area contributed by atoms with Gasteiger partial charge in [0.05, 0.1) is 16.5 Å². The van der Waals surface area contributed by atoms with Crippen LogP contribution in [-0.2, 0) is 16.4 Å². The van der Waals surface area contributed by atoms with E-state index >= 15 is 0 Å². The molecule has 0 radical (unpaired) electrons. The second-order valence-corrected chi connectivity index (χ2v) is 8.02. The van der Waals surface area contributed by atoms with E-state index in [2.05, 4.69) is 4.98 Å². The van der Waals surface area contributed by atoms with Gasteiger partial charge in [-0.05, 0) is 36.8 Å². The van der Waals surface area contributed by atoms with Crippen LogP contribution in [0.4, 0.5) is 0 Å². The fourth-order valence-electron chi connectivity index (χ4n) is 2.39. The van der Waals surface area contributed by atoms with Gasteiger partial charge in [-0.15, -0.1) is 0 Å². The number of nitrogens with two attached hydrogens (primary N) is 1. The lowest BCUT2D eigenvalue weighted by Crippen LogP contribution is -2.08. The molecule has 3 aromatic rings. The van der Waals surface area contributed by atoms with Crippen LogP contribution >= 0.6 is 23.2 Å². The molecular weight excluding hydrogens is 383 g/mol. The van der Waals surface area contributed by atoms with E-state index in [9.17, 15) is 8.42 Å². The molecule has 0 atom stereocenters. The summed E-state index contributed by atoms with van der Waals surface area (Å²) >= 11 is 12.0. The smallest absolute Gasteiger partial charge is 0.228 e. The van der Waals surface area contributed by atoms with Crippen LogP contribution in [0, 0.1) is 6.92 Å². The number of halogens is 2. The van der Waals surface area contributed by atoms with Gasteiger partial charge in [0, 0.05) is 10.6 Å². The second kappa shape index (κ2) is 6.80. The summed E-state index contributed by atoms with van der Waals surface area (Å²) < 4.78 is 31.6. The van der Waals surface area contributed by atoms with Crippen LogP contribution < -0.4 is 5.73 Å². The van der Waals surface area contributed by atoms with E-state index in [0.29, 0.717) is 5.56 Å². The number of rotatable bonds is 4. The number of hydrogen-bond donors (Lipinski definition) is 1. The van der Waals surface area contributed by atoms with Gasteiger partial charge in [-0.1, -0.05) is 41.4 Å². The first-order valence-corrected chi connectivity index (χ1v) is 9.54. The van der Waals surface area contributed by atoms with E-state index in [-0.39, 0.29) is 38.2 Å². The molecule has 0 aliphatic carbocycles. The molecule has 0 spiro atoms. The van der Waals surface area contributed by atoms with Crippen LogP contribution in [0.15, 0.2) is 56.8 Å².